The Hall–Kier alpha value is -1.10. The van der Waals surface area contributed by atoms with Crippen molar-refractivity contribution in [3.8, 4) is 5.75 Å². The molecule has 3 rings (SSSR count). The molecular formula is C18H27NO3. The number of rotatable bonds is 5. The Morgan fingerprint density at radius 2 is 2.00 bits per heavy atom. The molecule has 1 spiro atoms. The molecule has 1 unspecified atom stereocenters. The minimum absolute atomic E-state index is 0.0653. The minimum Gasteiger partial charge on any atom is -0.491 e. The van der Waals surface area contributed by atoms with Crippen LogP contribution in [0.25, 0.3) is 0 Å². The van der Waals surface area contributed by atoms with Gasteiger partial charge in [0.2, 0.25) is 0 Å². The van der Waals surface area contributed by atoms with Gasteiger partial charge in [-0.15, -0.1) is 0 Å². The average Bonchev–Trinajstić information content (AvgIpc) is 2.94. The Morgan fingerprint density at radius 1 is 1.27 bits per heavy atom. The van der Waals surface area contributed by atoms with Crippen molar-refractivity contribution in [1.82, 2.24) is 4.90 Å². The summed E-state index contributed by atoms with van der Waals surface area (Å²) in [5, 5.41) is 10.2. The van der Waals surface area contributed by atoms with Gasteiger partial charge in [0.05, 0.1) is 12.2 Å². The molecule has 4 heteroatoms. The van der Waals surface area contributed by atoms with Gasteiger partial charge in [-0.05, 0) is 31.9 Å². The Balaban J connectivity index is 1.45. The smallest absolute Gasteiger partial charge is 0.119 e. The molecule has 2 fully saturated rings. The molecule has 1 heterocycles. The van der Waals surface area contributed by atoms with E-state index in [1.165, 1.54) is 31.2 Å². The number of ether oxygens (including phenoxy) is 2. The summed E-state index contributed by atoms with van der Waals surface area (Å²) in [6, 6.07) is 7.94. The molecule has 22 heavy (non-hydrogen) atoms. The van der Waals surface area contributed by atoms with E-state index in [0.717, 1.165) is 25.4 Å². The highest BCUT2D eigenvalue weighted by atomic mass is 16.5. The van der Waals surface area contributed by atoms with Crippen molar-refractivity contribution < 1.29 is 14.6 Å². The monoisotopic (exact) mass is 305 g/mol. The normalized spacial score (nSPS) is 22.8. The van der Waals surface area contributed by atoms with Crippen LogP contribution in [0.1, 0.15) is 31.2 Å². The summed E-state index contributed by atoms with van der Waals surface area (Å²) >= 11 is 0. The lowest BCUT2D eigenvalue weighted by molar-refractivity contribution is -0.112. The maximum atomic E-state index is 10.2. The fourth-order valence-corrected chi connectivity index (χ4v) is 3.58. The maximum Gasteiger partial charge on any atom is 0.119 e. The van der Waals surface area contributed by atoms with E-state index in [9.17, 15) is 5.11 Å². The van der Waals surface area contributed by atoms with Gasteiger partial charge >= 0.3 is 0 Å². The molecule has 4 nitrogen and oxygen atoms in total. The van der Waals surface area contributed by atoms with Gasteiger partial charge in [0.1, 0.15) is 18.5 Å². The first-order valence-corrected chi connectivity index (χ1v) is 8.39. The van der Waals surface area contributed by atoms with Crippen molar-refractivity contribution in [2.75, 3.05) is 32.8 Å². The minimum atomic E-state index is -0.460. The summed E-state index contributed by atoms with van der Waals surface area (Å²) < 4.78 is 11.7. The number of aliphatic hydroxyl groups is 1. The molecule has 1 aliphatic carbocycles. The standard InChI is InChI=1S/C18H27NO3/c1-15-4-6-17(7-5-15)21-13-16(20)12-19-10-11-22-18(14-19)8-2-3-9-18/h4-7,16,20H,2-3,8-14H2,1H3. The Bertz CT molecular complexity index is 468. The molecule has 1 saturated carbocycles. The second-order valence-electron chi connectivity index (χ2n) is 6.75. The van der Waals surface area contributed by atoms with Crippen molar-refractivity contribution in [2.24, 2.45) is 0 Å². The van der Waals surface area contributed by atoms with Crippen molar-refractivity contribution in [3.05, 3.63) is 29.8 Å². The highest BCUT2D eigenvalue weighted by Gasteiger charge is 2.39. The third kappa shape index (κ3) is 4.00. The van der Waals surface area contributed by atoms with E-state index in [0.29, 0.717) is 13.2 Å². The van der Waals surface area contributed by atoms with Crippen LogP contribution in [-0.4, -0.2) is 54.6 Å². The first kappa shape index (κ1) is 15.8. The van der Waals surface area contributed by atoms with Gasteiger partial charge in [-0.3, -0.25) is 4.90 Å². The number of aryl methyl sites for hydroxylation is 1. The first-order chi connectivity index (χ1) is 10.7. The number of aliphatic hydroxyl groups excluding tert-OH is 1. The molecule has 0 aromatic heterocycles. The van der Waals surface area contributed by atoms with Gasteiger partial charge in [-0.1, -0.05) is 30.5 Å². The fraction of sp³-hybridized carbons (Fsp3) is 0.667. The molecule has 1 aromatic carbocycles. The summed E-state index contributed by atoms with van der Waals surface area (Å²) in [5.41, 5.74) is 1.28. The second kappa shape index (κ2) is 6.99. The number of hydrogen-bond acceptors (Lipinski definition) is 4. The highest BCUT2D eigenvalue weighted by molar-refractivity contribution is 5.26. The van der Waals surface area contributed by atoms with Crippen LogP contribution in [0, 0.1) is 6.92 Å². The SMILES string of the molecule is Cc1ccc(OCC(O)CN2CCOC3(CCCC3)C2)cc1. The fourth-order valence-electron chi connectivity index (χ4n) is 3.58. The van der Waals surface area contributed by atoms with Crippen LogP contribution in [0.5, 0.6) is 5.75 Å². The largest absolute Gasteiger partial charge is 0.491 e. The number of nitrogens with zero attached hydrogens (tertiary/aromatic N) is 1. The van der Waals surface area contributed by atoms with E-state index in [1.807, 2.05) is 24.3 Å². The molecule has 1 atom stereocenters. The predicted molar refractivity (Wildman–Crippen MR) is 86.3 cm³/mol. The molecule has 0 amide bonds. The zero-order valence-corrected chi connectivity index (χ0v) is 13.5. The second-order valence-corrected chi connectivity index (χ2v) is 6.75. The molecule has 1 saturated heterocycles. The van der Waals surface area contributed by atoms with Crippen LogP contribution in [0.2, 0.25) is 0 Å². The van der Waals surface area contributed by atoms with Crippen molar-refractivity contribution in [1.29, 1.82) is 0 Å². The van der Waals surface area contributed by atoms with Gasteiger partial charge in [0, 0.05) is 19.6 Å². The number of morpholine rings is 1. The molecule has 1 aliphatic heterocycles. The number of benzene rings is 1. The van der Waals surface area contributed by atoms with Gasteiger partial charge < -0.3 is 14.6 Å². The molecule has 122 valence electrons. The lowest BCUT2D eigenvalue weighted by atomic mass is 9.99. The van der Waals surface area contributed by atoms with Crippen LogP contribution in [0.15, 0.2) is 24.3 Å². The first-order valence-electron chi connectivity index (χ1n) is 8.39. The third-order valence-electron chi connectivity index (χ3n) is 4.77. The Morgan fingerprint density at radius 3 is 2.73 bits per heavy atom. The van der Waals surface area contributed by atoms with E-state index < -0.39 is 6.10 Å². The van der Waals surface area contributed by atoms with Gasteiger partial charge in [0.25, 0.3) is 0 Å². The lowest BCUT2D eigenvalue weighted by Gasteiger charge is -2.41. The third-order valence-corrected chi connectivity index (χ3v) is 4.77. The topological polar surface area (TPSA) is 41.9 Å². The van der Waals surface area contributed by atoms with Gasteiger partial charge in [-0.2, -0.15) is 0 Å². The van der Waals surface area contributed by atoms with Gasteiger partial charge in [0.15, 0.2) is 0 Å². The molecule has 0 radical (unpaired) electrons. The van der Waals surface area contributed by atoms with Crippen LogP contribution in [0.4, 0.5) is 0 Å². The van der Waals surface area contributed by atoms with Gasteiger partial charge in [-0.25, -0.2) is 0 Å². The van der Waals surface area contributed by atoms with Crippen molar-refractivity contribution >= 4 is 0 Å². The average molecular weight is 305 g/mol. The molecule has 0 bridgehead atoms. The zero-order chi connectivity index (χ0) is 15.4. The summed E-state index contributed by atoms with van der Waals surface area (Å²) in [6.07, 6.45) is 4.41. The van der Waals surface area contributed by atoms with Crippen LogP contribution < -0.4 is 4.74 Å². The van der Waals surface area contributed by atoms with E-state index in [2.05, 4.69) is 11.8 Å². The van der Waals surface area contributed by atoms with Crippen molar-refractivity contribution in [3.63, 3.8) is 0 Å². The summed E-state index contributed by atoms with van der Waals surface area (Å²) in [5.74, 6) is 0.818. The van der Waals surface area contributed by atoms with E-state index in [-0.39, 0.29) is 5.60 Å². The van der Waals surface area contributed by atoms with Crippen LogP contribution in [-0.2, 0) is 4.74 Å². The maximum absolute atomic E-state index is 10.2. The lowest BCUT2D eigenvalue weighted by Crippen LogP contribution is -2.52. The molecule has 1 N–H and O–H groups in total. The summed E-state index contributed by atoms with van der Waals surface area (Å²) in [4.78, 5) is 2.33. The van der Waals surface area contributed by atoms with E-state index in [4.69, 9.17) is 9.47 Å². The highest BCUT2D eigenvalue weighted by Crippen LogP contribution is 2.35. The Labute approximate surface area is 133 Å². The zero-order valence-electron chi connectivity index (χ0n) is 13.5. The van der Waals surface area contributed by atoms with Crippen LogP contribution >= 0.6 is 0 Å². The number of hydrogen-bond donors (Lipinski definition) is 1. The molecular weight excluding hydrogens is 278 g/mol. The van der Waals surface area contributed by atoms with Crippen LogP contribution in [0.3, 0.4) is 0 Å². The predicted octanol–water partition coefficient (Wildman–Crippen LogP) is 2.38. The number of β-amino-alcohol motifs (C(OH)–C–C–N with tert-alkyl or cyclic N) is 1. The summed E-state index contributed by atoms with van der Waals surface area (Å²) in [7, 11) is 0. The van der Waals surface area contributed by atoms with Crippen molar-refractivity contribution in [2.45, 2.75) is 44.3 Å². The molecule has 2 aliphatic rings. The van der Waals surface area contributed by atoms with E-state index in [1.54, 1.807) is 0 Å². The molecule has 1 aromatic rings. The summed E-state index contributed by atoms with van der Waals surface area (Å²) in [6.45, 7) is 5.70. The van der Waals surface area contributed by atoms with E-state index >= 15 is 0 Å². The Kier molecular flexibility index (Phi) is 5.01. The quantitative estimate of drug-likeness (QED) is 0.907.